The number of carbonyl (C=O) groups is 2. The largest absolute Gasteiger partial charge is 0.486 e. The van der Waals surface area contributed by atoms with E-state index in [9.17, 15) is 9.59 Å². The van der Waals surface area contributed by atoms with Crippen molar-refractivity contribution in [1.29, 1.82) is 0 Å². The van der Waals surface area contributed by atoms with E-state index in [0.717, 1.165) is 4.47 Å². The van der Waals surface area contributed by atoms with E-state index >= 15 is 0 Å². The first-order valence-corrected chi connectivity index (χ1v) is 9.99. The van der Waals surface area contributed by atoms with E-state index in [2.05, 4.69) is 21.2 Å². The first-order chi connectivity index (χ1) is 14.0. The Hall–Kier alpha value is -2.83. The maximum Gasteiger partial charge on any atom is 0.255 e. The molecule has 0 aliphatic carbocycles. The van der Waals surface area contributed by atoms with Crippen molar-refractivity contribution in [2.45, 2.75) is 0 Å². The van der Waals surface area contributed by atoms with Crippen LogP contribution in [0.1, 0.15) is 26.3 Å². The molecule has 0 unspecified atom stereocenters. The molecule has 0 fully saturated rings. The number of hydrogen-bond donors (Lipinski definition) is 1. The van der Waals surface area contributed by atoms with E-state index in [1.165, 1.54) is 0 Å². The molecule has 0 atom stereocenters. The summed E-state index contributed by atoms with van der Waals surface area (Å²) in [6, 6.07) is 16.8. The summed E-state index contributed by atoms with van der Waals surface area (Å²) in [6.45, 7) is 0.793. The second-order valence-corrected chi connectivity index (χ2v) is 7.69. The first kappa shape index (κ1) is 19.5. The lowest BCUT2D eigenvalue weighted by Crippen LogP contribution is -2.19. The van der Waals surface area contributed by atoms with Gasteiger partial charge in [0.25, 0.3) is 5.91 Å². The van der Waals surface area contributed by atoms with Gasteiger partial charge in [-0.15, -0.1) is 0 Å². The smallest absolute Gasteiger partial charge is 0.255 e. The number of benzene rings is 3. The molecule has 1 amide bonds. The molecule has 146 valence electrons. The number of hydrogen-bond acceptors (Lipinski definition) is 4. The van der Waals surface area contributed by atoms with Crippen LogP contribution in [0.15, 0.2) is 65.1 Å². The molecule has 4 rings (SSSR count). The number of ether oxygens (including phenoxy) is 2. The van der Waals surface area contributed by atoms with Crippen LogP contribution < -0.4 is 14.8 Å². The van der Waals surface area contributed by atoms with E-state index in [0.29, 0.717) is 52.1 Å². The summed E-state index contributed by atoms with van der Waals surface area (Å²) in [7, 11) is 0. The summed E-state index contributed by atoms with van der Waals surface area (Å²) in [4.78, 5) is 25.9. The minimum absolute atomic E-state index is 0.261. The van der Waals surface area contributed by atoms with Crippen molar-refractivity contribution < 1.29 is 19.1 Å². The highest BCUT2D eigenvalue weighted by Crippen LogP contribution is 2.37. The Bertz CT molecular complexity index is 1100. The zero-order valence-electron chi connectivity index (χ0n) is 15.1. The highest BCUT2D eigenvalue weighted by Gasteiger charge is 2.22. The van der Waals surface area contributed by atoms with Crippen molar-refractivity contribution >= 4 is 44.9 Å². The Kier molecular flexibility index (Phi) is 5.56. The molecule has 0 bridgehead atoms. The van der Waals surface area contributed by atoms with Gasteiger partial charge < -0.3 is 14.8 Å². The number of halogens is 2. The van der Waals surface area contributed by atoms with Crippen molar-refractivity contribution in [2.24, 2.45) is 0 Å². The first-order valence-electron chi connectivity index (χ1n) is 8.82. The van der Waals surface area contributed by atoms with E-state index in [1.54, 1.807) is 54.6 Å². The van der Waals surface area contributed by atoms with Gasteiger partial charge in [0.05, 0.1) is 11.3 Å². The zero-order chi connectivity index (χ0) is 20.4. The third-order valence-electron chi connectivity index (χ3n) is 4.37. The Morgan fingerprint density at radius 3 is 2.28 bits per heavy atom. The normalized spacial score (nSPS) is 12.3. The summed E-state index contributed by atoms with van der Waals surface area (Å²) in [5.74, 6) is 0.346. The zero-order valence-corrected chi connectivity index (χ0v) is 17.4. The maximum absolute atomic E-state index is 13.1. The second kappa shape index (κ2) is 8.27. The number of carbonyl (C=O) groups excluding carboxylic acids is 2. The number of nitrogens with one attached hydrogen (secondary N) is 1. The van der Waals surface area contributed by atoms with Crippen LogP contribution in [0.5, 0.6) is 11.5 Å². The molecule has 0 saturated heterocycles. The fraction of sp³-hybridized carbons (Fsp3) is 0.0909. The summed E-state index contributed by atoms with van der Waals surface area (Å²) in [5, 5.41) is 3.36. The number of fused-ring (bicyclic) bond motifs is 1. The Balaban J connectivity index is 1.74. The van der Waals surface area contributed by atoms with Gasteiger partial charge in [0, 0.05) is 26.7 Å². The van der Waals surface area contributed by atoms with Gasteiger partial charge in [0.15, 0.2) is 17.3 Å². The van der Waals surface area contributed by atoms with Gasteiger partial charge in [-0.25, -0.2) is 0 Å². The number of amides is 1. The summed E-state index contributed by atoms with van der Waals surface area (Å²) >= 11 is 9.29. The third-order valence-corrected chi connectivity index (χ3v) is 5.11. The van der Waals surface area contributed by atoms with Crippen LogP contribution >= 0.6 is 27.5 Å². The van der Waals surface area contributed by atoms with Gasteiger partial charge in [-0.3, -0.25) is 9.59 Å². The van der Waals surface area contributed by atoms with Crippen LogP contribution in [0.25, 0.3) is 0 Å². The molecule has 1 heterocycles. The summed E-state index contributed by atoms with van der Waals surface area (Å²) < 4.78 is 12.0. The van der Waals surface area contributed by atoms with Crippen LogP contribution in [-0.2, 0) is 0 Å². The molecule has 29 heavy (non-hydrogen) atoms. The third kappa shape index (κ3) is 4.28. The van der Waals surface area contributed by atoms with Crippen LogP contribution in [0.3, 0.4) is 0 Å². The molecule has 3 aromatic carbocycles. The number of anilines is 1. The highest BCUT2D eigenvalue weighted by atomic mass is 79.9. The number of ketones is 1. The fourth-order valence-corrected chi connectivity index (χ4v) is 3.49. The average molecular weight is 473 g/mol. The molecule has 0 spiro atoms. The molecule has 5 nitrogen and oxygen atoms in total. The Labute approximate surface area is 180 Å². The molecule has 1 aliphatic heterocycles. The van der Waals surface area contributed by atoms with Crippen LogP contribution in [0, 0.1) is 0 Å². The monoisotopic (exact) mass is 471 g/mol. The van der Waals surface area contributed by atoms with Crippen LogP contribution in [0.2, 0.25) is 5.02 Å². The van der Waals surface area contributed by atoms with Crippen molar-refractivity contribution in [3.8, 4) is 11.5 Å². The van der Waals surface area contributed by atoms with Gasteiger partial charge >= 0.3 is 0 Å². The van der Waals surface area contributed by atoms with Crippen LogP contribution in [0.4, 0.5) is 5.69 Å². The molecule has 0 saturated carbocycles. The van der Waals surface area contributed by atoms with Crippen molar-refractivity contribution in [1.82, 2.24) is 0 Å². The van der Waals surface area contributed by atoms with Crippen molar-refractivity contribution in [3.05, 3.63) is 86.8 Å². The summed E-state index contributed by atoms with van der Waals surface area (Å²) in [5.41, 5.74) is 1.56. The minimum atomic E-state index is -0.340. The molecule has 7 heteroatoms. The van der Waals surface area contributed by atoms with E-state index < -0.39 is 0 Å². The highest BCUT2D eigenvalue weighted by molar-refractivity contribution is 9.10. The second-order valence-electron chi connectivity index (χ2n) is 6.34. The molecule has 3 aromatic rings. The fourth-order valence-electron chi connectivity index (χ4n) is 2.96. The lowest BCUT2D eigenvalue weighted by Gasteiger charge is -2.21. The van der Waals surface area contributed by atoms with E-state index in [-0.39, 0.29) is 11.7 Å². The quantitative estimate of drug-likeness (QED) is 0.519. The maximum atomic E-state index is 13.1. The standard InChI is InChI=1S/C22H15BrClNO4/c23-15-3-1-2-14(10-15)22(27)25-18-12-20-19(28-8-9-29-20)11-17(18)21(26)13-4-6-16(24)7-5-13/h1-7,10-12H,8-9H2,(H,25,27). The van der Waals surface area contributed by atoms with E-state index in [4.69, 9.17) is 21.1 Å². The molecule has 0 aromatic heterocycles. The van der Waals surface area contributed by atoms with E-state index in [1.807, 2.05) is 6.07 Å². The molecular weight excluding hydrogens is 458 g/mol. The van der Waals surface area contributed by atoms with Crippen molar-refractivity contribution in [3.63, 3.8) is 0 Å². The summed E-state index contributed by atoms with van der Waals surface area (Å²) in [6.07, 6.45) is 0. The van der Waals surface area contributed by atoms with Gasteiger partial charge in [-0.05, 0) is 48.5 Å². The Morgan fingerprint density at radius 2 is 1.59 bits per heavy atom. The predicted octanol–water partition coefficient (Wildman–Crippen LogP) is 5.36. The minimum Gasteiger partial charge on any atom is -0.486 e. The Morgan fingerprint density at radius 1 is 0.897 bits per heavy atom. The van der Waals surface area contributed by atoms with Gasteiger partial charge in [-0.2, -0.15) is 0 Å². The molecular formula is C22H15BrClNO4. The average Bonchev–Trinajstić information content (AvgIpc) is 2.73. The lowest BCUT2D eigenvalue weighted by molar-refractivity contribution is 0.102. The SMILES string of the molecule is O=C(Nc1cc2c(cc1C(=O)c1ccc(Cl)cc1)OCCO2)c1cccc(Br)c1. The lowest BCUT2D eigenvalue weighted by atomic mass is 10.0. The van der Waals surface area contributed by atoms with Crippen molar-refractivity contribution in [2.75, 3.05) is 18.5 Å². The van der Waals surface area contributed by atoms with Gasteiger partial charge in [-0.1, -0.05) is 33.6 Å². The van der Waals surface area contributed by atoms with Crippen LogP contribution in [-0.4, -0.2) is 24.9 Å². The molecule has 1 N–H and O–H groups in total. The predicted molar refractivity (Wildman–Crippen MR) is 114 cm³/mol. The number of rotatable bonds is 4. The van der Waals surface area contributed by atoms with Gasteiger partial charge in [0.1, 0.15) is 13.2 Å². The topological polar surface area (TPSA) is 64.6 Å². The molecule has 1 aliphatic rings. The van der Waals surface area contributed by atoms with Gasteiger partial charge in [0.2, 0.25) is 0 Å². The molecule has 0 radical (unpaired) electrons.